The van der Waals surface area contributed by atoms with E-state index >= 15 is 0 Å². The Morgan fingerprint density at radius 2 is 2.00 bits per heavy atom. The molecule has 1 aliphatic carbocycles. The van der Waals surface area contributed by atoms with Crippen LogP contribution in [0.3, 0.4) is 0 Å². The van der Waals surface area contributed by atoms with E-state index in [1.54, 1.807) is 0 Å². The lowest BCUT2D eigenvalue weighted by molar-refractivity contribution is -0.197. The van der Waals surface area contributed by atoms with E-state index in [1.165, 1.54) is 6.08 Å². The summed E-state index contributed by atoms with van der Waals surface area (Å²) in [7, 11) is 0. The lowest BCUT2D eigenvalue weighted by atomic mass is 9.92. The second-order valence-corrected chi connectivity index (χ2v) is 5.98. The first-order valence-corrected chi connectivity index (χ1v) is 7.41. The Hall–Kier alpha value is -1.24. The molecule has 0 amide bonds. The van der Waals surface area contributed by atoms with Crippen LogP contribution in [0.15, 0.2) is 12.7 Å². The molecular weight excluding hydrogens is 276 g/mol. The average molecular weight is 296 g/mol. The fourth-order valence-electron chi connectivity index (χ4n) is 3.32. The first-order chi connectivity index (χ1) is 10.0. The molecule has 2 aliphatic heterocycles. The molecule has 116 valence electrons. The number of hydrogen-bond acceptors (Lipinski definition) is 6. The zero-order valence-electron chi connectivity index (χ0n) is 11.9. The monoisotopic (exact) mass is 296 g/mol. The van der Waals surface area contributed by atoms with E-state index in [1.807, 2.05) is 0 Å². The quantitative estimate of drug-likeness (QED) is 0.472. The van der Waals surface area contributed by atoms with Crippen molar-refractivity contribution in [1.29, 1.82) is 0 Å². The van der Waals surface area contributed by atoms with Gasteiger partial charge in [-0.3, -0.25) is 4.79 Å². The third-order valence-electron chi connectivity index (χ3n) is 4.51. The van der Waals surface area contributed by atoms with E-state index in [9.17, 15) is 14.7 Å². The summed E-state index contributed by atoms with van der Waals surface area (Å²) in [6.45, 7) is 3.66. The zero-order valence-corrected chi connectivity index (χ0v) is 11.9. The molecule has 1 spiro atoms. The van der Waals surface area contributed by atoms with E-state index in [0.717, 1.165) is 32.1 Å². The Labute approximate surface area is 123 Å². The van der Waals surface area contributed by atoms with Crippen LogP contribution in [0.25, 0.3) is 0 Å². The van der Waals surface area contributed by atoms with Crippen molar-refractivity contribution in [3.8, 4) is 0 Å². The number of carbonyl (C=O) groups excluding carboxylic acids is 2. The fraction of sp³-hybridized carbons (Fsp3) is 0.733. The summed E-state index contributed by atoms with van der Waals surface area (Å²) in [5, 5.41) is 10.2. The van der Waals surface area contributed by atoms with Gasteiger partial charge in [0, 0.05) is 19.3 Å². The molecule has 3 rings (SSSR count). The molecular formula is C15H20O6. The van der Waals surface area contributed by atoms with Gasteiger partial charge < -0.3 is 19.3 Å². The van der Waals surface area contributed by atoms with E-state index in [-0.39, 0.29) is 13.0 Å². The third-order valence-corrected chi connectivity index (χ3v) is 4.51. The number of cyclic esters (lactones) is 1. The van der Waals surface area contributed by atoms with Crippen molar-refractivity contribution in [2.24, 2.45) is 0 Å². The minimum Gasteiger partial charge on any atom is -0.449 e. The molecule has 3 aliphatic rings. The first kappa shape index (κ1) is 14.7. The van der Waals surface area contributed by atoms with Gasteiger partial charge in [-0.25, -0.2) is 4.79 Å². The van der Waals surface area contributed by atoms with Crippen LogP contribution < -0.4 is 0 Å². The third kappa shape index (κ3) is 2.31. The molecule has 1 N–H and O–H groups in total. The van der Waals surface area contributed by atoms with Gasteiger partial charge in [-0.05, 0) is 12.8 Å². The summed E-state index contributed by atoms with van der Waals surface area (Å²) in [6.07, 6.45) is 4.20. The maximum atomic E-state index is 12.3. The molecule has 6 nitrogen and oxygen atoms in total. The largest absolute Gasteiger partial charge is 0.449 e. The second kappa shape index (κ2) is 5.19. The lowest BCUT2D eigenvalue weighted by Gasteiger charge is -2.32. The van der Waals surface area contributed by atoms with Crippen molar-refractivity contribution in [3.63, 3.8) is 0 Å². The molecule has 0 radical (unpaired) electrons. The maximum Gasteiger partial charge on any atom is 0.347 e. The molecule has 3 fully saturated rings. The molecule has 0 unspecified atom stereocenters. The number of hydrogen-bond donors (Lipinski definition) is 1. The molecule has 0 aromatic rings. The molecule has 1 saturated carbocycles. The van der Waals surface area contributed by atoms with Gasteiger partial charge in [0.25, 0.3) is 0 Å². The highest BCUT2D eigenvalue weighted by atomic mass is 16.8. The Morgan fingerprint density at radius 1 is 1.29 bits per heavy atom. The number of aliphatic hydroxyl groups is 1. The SMILES string of the molecule is C=CC[C@]1(O)C(=O)O[C@H]([C@@H]2COC3(CCCCC3)O2)C1=O. The van der Waals surface area contributed by atoms with Gasteiger partial charge in [0.15, 0.2) is 11.9 Å². The van der Waals surface area contributed by atoms with Gasteiger partial charge in [0.05, 0.1) is 6.61 Å². The average Bonchev–Trinajstić information content (AvgIpc) is 2.96. The summed E-state index contributed by atoms with van der Waals surface area (Å²) in [6, 6.07) is 0. The molecule has 3 atom stereocenters. The molecule has 0 aromatic carbocycles. The normalized spacial score (nSPS) is 38.7. The van der Waals surface area contributed by atoms with Crippen molar-refractivity contribution >= 4 is 11.8 Å². The van der Waals surface area contributed by atoms with Crippen molar-refractivity contribution in [2.75, 3.05) is 6.61 Å². The van der Waals surface area contributed by atoms with Crippen LogP contribution in [0, 0.1) is 0 Å². The minimum absolute atomic E-state index is 0.153. The number of esters is 1. The van der Waals surface area contributed by atoms with Gasteiger partial charge in [-0.1, -0.05) is 12.5 Å². The van der Waals surface area contributed by atoms with Gasteiger partial charge in [-0.15, -0.1) is 6.58 Å². The molecule has 2 saturated heterocycles. The predicted molar refractivity (Wildman–Crippen MR) is 71.3 cm³/mol. The predicted octanol–water partition coefficient (Wildman–Crippen LogP) is 0.864. The van der Waals surface area contributed by atoms with Crippen molar-refractivity contribution in [3.05, 3.63) is 12.7 Å². The summed E-state index contributed by atoms with van der Waals surface area (Å²) in [4.78, 5) is 24.1. The van der Waals surface area contributed by atoms with E-state index in [2.05, 4.69) is 6.58 Å². The number of Topliss-reactive ketones (excluding diaryl/α,β-unsaturated/α-hetero) is 1. The van der Waals surface area contributed by atoms with E-state index in [4.69, 9.17) is 14.2 Å². The van der Waals surface area contributed by atoms with Gasteiger partial charge in [-0.2, -0.15) is 0 Å². The van der Waals surface area contributed by atoms with Crippen molar-refractivity contribution in [2.45, 2.75) is 62.1 Å². The van der Waals surface area contributed by atoms with Crippen LogP contribution in [-0.2, 0) is 23.8 Å². The molecule has 0 bridgehead atoms. The van der Waals surface area contributed by atoms with Crippen LogP contribution in [-0.4, -0.2) is 47.1 Å². The topological polar surface area (TPSA) is 82.1 Å². The molecule has 6 heteroatoms. The summed E-state index contributed by atoms with van der Waals surface area (Å²) >= 11 is 0. The summed E-state index contributed by atoms with van der Waals surface area (Å²) < 4.78 is 16.7. The van der Waals surface area contributed by atoms with Crippen molar-refractivity contribution < 1.29 is 28.9 Å². The minimum atomic E-state index is -2.13. The maximum absolute atomic E-state index is 12.3. The van der Waals surface area contributed by atoms with Gasteiger partial charge >= 0.3 is 5.97 Å². The number of carbonyl (C=O) groups is 2. The summed E-state index contributed by atoms with van der Waals surface area (Å²) in [5.41, 5.74) is -2.13. The van der Waals surface area contributed by atoms with E-state index in [0.29, 0.717) is 0 Å². The Bertz CT molecular complexity index is 467. The summed E-state index contributed by atoms with van der Waals surface area (Å²) in [5.74, 6) is -2.23. The lowest BCUT2D eigenvalue weighted by Crippen LogP contribution is -2.45. The van der Waals surface area contributed by atoms with Crippen LogP contribution in [0.2, 0.25) is 0 Å². The molecule has 21 heavy (non-hydrogen) atoms. The Balaban J connectivity index is 1.73. The second-order valence-electron chi connectivity index (χ2n) is 5.98. The van der Waals surface area contributed by atoms with E-state index < -0.39 is 35.3 Å². The smallest absolute Gasteiger partial charge is 0.347 e. The van der Waals surface area contributed by atoms with Crippen LogP contribution in [0.5, 0.6) is 0 Å². The highest BCUT2D eigenvalue weighted by molar-refractivity contribution is 6.14. The van der Waals surface area contributed by atoms with Crippen molar-refractivity contribution in [1.82, 2.24) is 0 Å². The number of rotatable bonds is 3. The van der Waals surface area contributed by atoms with Gasteiger partial charge in [0.2, 0.25) is 11.4 Å². The first-order valence-electron chi connectivity index (χ1n) is 7.41. The van der Waals surface area contributed by atoms with Crippen LogP contribution >= 0.6 is 0 Å². The van der Waals surface area contributed by atoms with Gasteiger partial charge in [0.1, 0.15) is 6.10 Å². The number of ketones is 1. The highest BCUT2D eigenvalue weighted by Crippen LogP contribution is 2.40. The fourth-order valence-corrected chi connectivity index (χ4v) is 3.32. The number of ether oxygens (including phenoxy) is 3. The Morgan fingerprint density at radius 3 is 2.67 bits per heavy atom. The van der Waals surface area contributed by atoms with Crippen LogP contribution in [0.4, 0.5) is 0 Å². The Kier molecular flexibility index (Phi) is 3.63. The highest BCUT2D eigenvalue weighted by Gasteiger charge is 2.60. The standard InChI is InChI=1S/C15H20O6/c1-2-6-15(18)12(16)11(20-13(15)17)10-9-19-14(21-10)7-4-3-5-8-14/h2,10-11,18H,1,3-9H2/t10-,11+,15+/m0/s1. The van der Waals surface area contributed by atoms with Crippen LogP contribution in [0.1, 0.15) is 38.5 Å². The zero-order chi connectivity index (χ0) is 15.1. The molecule has 2 heterocycles. The molecule has 0 aromatic heterocycles.